The van der Waals surface area contributed by atoms with E-state index in [1.165, 1.54) is 6.08 Å². The highest BCUT2D eigenvalue weighted by Crippen LogP contribution is 2.23. The number of ketones is 1. The second kappa shape index (κ2) is 15.4. The van der Waals surface area contributed by atoms with Gasteiger partial charge in [0.2, 0.25) is 11.8 Å². The number of allylic oxidation sites excluding steroid dienone is 2. The number of amides is 2. The van der Waals surface area contributed by atoms with Gasteiger partial charge in [0.1, 0.15) is 24.0 Å². The van der Waals surface area contributed by atoms with Crippen LogP contribution in [0.4, 0.5) is 0 Å². The van der Waals surface area contributed by atoms with Crippen molar-refractivity contribution in [1.29, 1.82) is 0 Å². The van der Waals surface area contributed by atoms with Gasteiger partial charge in [-0.2, -0.15) is 0 Å². The number of hydrogen-bond acceptors (Lipinski definition) is 6. The number of cyclic esters (lactones) is 1. The number of carboxylic acid groups (broad SMARTS) is 1. The fraction of sp³-hybridized carbons (Fsp3) is 0.690. The van der Waals surface area contributed by atoms with Crippen LogP contribution in [0.25, 0.3) is 0 Å². The highest BCUT2D eigenvalue weighted by Gasteiger charge is 2.37. The number of esters is 1. The fourth-order valence-electron chi connectivity index (χ4n) is 4.62. The normalized spacial score (nSPS) is 26.7. The van der Waals surface area contributed by atoms with Gasteiger partial charge in [0.05, 0.1) is 12.3 Å². The molecule has 0 aliphatic carbocycles. The van der Waals surface area contributed by atoms with E-state index in [1.807, 2.05) is 41.5 Å². The predicted molar refractivity (Wildman–Crippen MR) is 145 cm³/mol. The quantitative estimate of drug-likeness (QED) is 0.167. The molecule has 9 nitrogen and oxygen atoms in total. The summed E-state index contributed by atoms with van der Waals surface area (Å²) in [6.45, 7) is 14.7. The Bertz CT molecular complexity index is 939. The largest absolute Gasteiger partial charge is 0.478 e. The molecule has 0 aromatic rings. The Morgan fingerprint density at radius 3 is 2.08 bits per heavy atom. The number of carbonyl (C=O) groups excluding carboxylic acids is 4. The van der Waals surface area contributed by atoms with E-state index in [0.717, 1.165) is 11.1 Å². The monoisotopic (exact) mass is 534 g/mol. The Morgan fingerprint density at radius 2 is 1.53 bits per heavy atom. The van der Waals surface area contributed by atoms with Crippen molar-refractivity contribution in [3.63, 3.8) is 0 Å². The number of rotatable bonds is 10. The number of Topliss-reactive ketones (excluding diaryl/α,β-unsaturated/α-hetero) is 1. The summed E-state index contributed by atoms with van der Waals surface area (Å²) in [6, 6.07) is -1.80. The van der Waals surface area contributed by atoms with Crippen LogP contribution in [0, 0.1) is 23.7 Å². The van der Waals surface area contributed by atoms with Crippen molar-refractivity contribution in [2.24, 2.45) is 23.7 Å². The van der Waals surface area contributed by atoms with Crippen molar-refractivity contribution in [2.75, 3.05) is 0 Å². The second-order valence-corrected chi connectivity index (χ2v) is 11.0. The minimum atomic E-state index is -0.989. The first-order chi connectivity index (χ1) is 17.7. The van der Waals surface area contributed by atoms with Crippen LogP contribution >= 0.6 is 0 Å². The Labute approximate surface area is 226 Å². The first-order valence-electron chi connectivity index (χ1n) is 13.6. The maximum Gasteiger partial charge on any atom is 0.329 e. The summed E-state index contributed by atoms with van der Waals surface area (Å²) in [4.78, 5) is 63.3. The van der Waals surface area contributed by atoms with Gasteiger partial charge in [-0.15, -0.1) is 0 Å². The summed E-state index contributed by atoms with van der Waals surface area (Å²) < 4.78 is 5.86. The van der Waals surface area contributed by atoms with E-state index in [-0.39, 0.29) is 23.5 Å². The van der Waals surface area contributed by atoms with Gasteiger partial charge in [0.15, 0.2) is 0 Å². The Morgan fingerprint density at radius 1 is 0.974 bits per heavy atom. The Hall–Kier alpha value is -2.97. The zero-order chi connectivity index (χ0) is 29.2. The molecule has 7 atom stereocenters. The third-order valence-corrected chi connectivity index (χ3v) is 7.32. The molecule has 1 fully saturated rings. The van der Waals surface area contributed by atoms with Crippen molar-refractivity contribution in [3.8, 4) is 0 Å². The summed E-state index contributed by atoms with van der Waals surface area (Å²) >= 11 is 0. The van der Waals surface area contributed by atoms with Crippen LogP contribution in [0.5, 0.6) is 0 Å². The van der Waals surface area contributed by atoms with Gasteiger partial charge in [0.25, 0.3) is 0 Å². The van der Waals surface area contributed by atoms with Gasteiger partial charge < -0.3 is 20.5 Å². The fourth-order valence-corrected chi connectivity index (χ4v) is 4.62. The highest BCUT2D eigenvalue weighted by atomic mass is 16.5. The Balaban J connectivity index is 3.32. The highest BCUT2D eigenvalue weighted by molar-refractivity contribution is 6.01. The molecule has 7 unspecified atom stereocenters. The lowest BCUT2D eigenvalue weighted by atomic mass is 9.90. The van der Waals surface area contributed by atoms with Crippen molar-refractivity contribution in [2.45, 2.75) is 106 Å². The summed E-state index contributed by atoms with van der Waals surface area (Å²) in [5, 5.41) is 14.5. The van der Waals surface area contributed by atoms with Gasteiger partial charge in [-0.1, -0.05) is 65.5 Å². The van der Waals surface area contributed by atoms with E-state index in [1.54, 1.807) is 19.9 Å². The molecule has 38 heavy (non-hydrogen) atoms. The van der Waals surface area contributed by atoms with Crippen molar-refractivity contribution in [1.82, 2.24) is 10.6 Å². The van der Waals surface area contributed by atoms with Gasteiger partial charge in [-0.05, 0) is 50.5 Å². The smallest absolute Gasteiger partial charge is 0.329 e. The van der Waals surface area contributed by atoms with Crippen LogP contribution in [0.3, 0.4) is 0 Å². The van der Waals surface area contributed by atoms with E-state index in [0.29, 0.717) is 25.7 Å². The van der Waals surface area contributed by atoms with Crippen LogP contribution < -0.4 is 10.6 Å². The van der Waals surface area contributed by atoms with E-state index >= 15 is 0 Å². The topological polar surface area (TPSA) is 139 Å². The molecule has 1 aliphatic rings. The number of nitrogens with one attached hydrogen (secondary N) is 2. The van der Waals surface area contributed by atoms with Gasteiger partial charge in [-0.3, -0.25) is 14.4 Å². The molecule has 1 rings (SSSR count). The molecule has 1 heterocycles. The van der Waals surface area contributed by atoms with Gasteiger partial charge in [-0.25, -0.2) is 9.59 Å². The second-order valence-electron chi connectivity index (χ2n) is 11.0. The minimum absolute atomic E-state index is 0.116. The summed E-state index contributed by atoms with van der Waals surface area (Å²) in [5.74, 6) is -4.10. The van der Waals surface area contributed by atoms with E-state index in [4.69, 9.17) is 9.84 Å². The molecule has 0 radical (unpaired) electrons. The molecule has 0 saturated carbocycles. The van der Waals surface area contributed by atoms with Crippen LogP contribution in [0.15, 0.2) is 23.3 Å². The molecule has 0 bridgehead atoms. The molecule has 1 aliphatic heterocycles. The van der Waals surface area contributed by atoms with Gasteiger partial charge in [0, 0.05) is 6.08 Å². The molecule has 1 saturated heterocycles. The number of carboxylic acids is 1. The zero-order valence-corrected chi connectivity index (χ0v) is 24.1. The molecule has 0 aromatic carbocycles. The number of aliphatic carboxylic acids is 1. The van der Waals surface area contributed by atoms with E-state index in [9.17, 15) is 24.0 Å². The first-order valence-corrected chi connectivity index (χ1v) is 13.6. The molecule has 9 heteroatoms. The van der Waals surface area contributed by atoms with Crippen molar-refractivity contribution >= 4 is 29.5 Å². The lowest BCUT2D eigenvalue weighted by Gasteiger charge is -2.31. The number of ether oxygens (including phenoxy) is 1. The average molecular weight is 535 g/mol. The molecule has 3 N–H and O–H groups in total. The zero-order valence-electron chi connectivity index (χ0n) is 24.1. The molecule has 0 aromatic heterocycles. The van der Waals surface area contributed by atoms with Crippen molar-refractivity contribution in [3.05, 3.63) is 23.3 Å². The van der Waals surface area contributed by atoms with Crippen molar-refractivity contribution < 1.29 is 33.8 Å². The third kappa shape index (κ3) is 10.4. The predicted octanol–water partition coefficient (Wildman–Crippen LogP) is 3.96. The number of hydrogen-bond donors (Lipinski definition) is 3. The number of carbonyl (C=O) groups is 5. The lowest BCUT2D eigenvalue weighted by molar-refractivity contribution is -0.156. The van der Waals surface area contributed by atoms with E-state index < -0.39 is 54.3 Å². The molecular weight excluding hydrogens is 488 g/mol. The minimum Gasteiger partial charge on any atom is -0.478 e. The van der Waals surface area contributed by atoms with Crippen LogP contribution in [0.2, 0.25) is 0 Å². The summed E-state index contributed by atoms with van der Waals surface area (Å²) in [6.07, 6.45) is 3.98. The third-order valence-electron chi connectivity index (χ3n) is 7.32. The summed E-state index contributed by atoms with van der Waals surface area (Å²) in [5.41, 5.74) is 1.61. The first kappa shape index (κ1) is 33.1. The van der Waals surface area contributed by atoms with Crippen LogP contribution in [-0.4, -0.2) is 52.8 Å². The van der Waals surface area contributed by atoms with Crippen LogP contribution in [0.1, 0.15) is 87.5 Å². The lowest BCUT2D eigenvalue weighted by Crippen LogP contribution is -2.57. The SMILES string of the molecule is CCC(C)C1NC(=O)CC(=O)C(C)C(C=C(C)CC(C)CC(C)=CC(=O)O)OC(=O)C(C(C)CC)NC1=O. The van der Waals surface area contributed by atoms with E-state index in [2.05, 4.69) is 10.6 Å². The maximum absolute atomic E-state index is 13.4. The van der Waals surface area contributed by atoms with Crippen LogP contribution in [-0.2, 0) is 28.7 Å². The molecular formula is C29H46N2O7. The maximum atomic E-state index is 13.4. The van der Waals surface area contributed by atoms with Gasteiger partial charge >= 0.3 is 11.9 Å². The average Bonchev–Trinajstić information content (AvgIpc) is 2.82. The molecule has 0 spiro atoms. The Kier molecular flexibility index (Phi) is 13.4. The standard InChI is InChI=1S/C29H46N2O7/c1-9-19(6)26-28(36)31-27(20(7)10-2)29(37)38-23(21(8)22(32)15-24(33)30-26)13-17(4)11-16(3)12-18(5)14-25(34)35/h13-14,16,19-21,23,26-27H,9-12,15H2,1-8H3,(H,30,33)(H,31,36)(H,34,35). The molecule has 2 amide bonds. The molecule has 214 valence electrons. The summed E-state index contributed by atoms with van der Waals surface area (Å²) in [7, 11) is 0.